The molecule has 0 saturated carbocycles. The van der Waals surface area contributed by atoms with Crippen LogP contribution in [0, 0.1) is 12.7 Å². The largest absolute Gasteiger partial charge is 0.493 e. The predicted octanol–water partition coefficient (Wildman–Crippen LogP) is 3.76. The molecule has 0 fully saturated rings. The van der Waals surface area contributed by atoms with Crippen LogP contribution in [0.5, 0.6) is 5.75 Å². The fraction of sp³-hybridized carbons (Fsp3) is 0.280. The molecule has 0 bridgehead atoms. The van der Waals surface area contributed by atoms with Gasteiger partial charge in [-0.1, -0.05) is 6.07 Å². The summed E-state index contributed by atoms with van der Waals surface area (Å²) in [7, 11) is 0. The lowest BCUT2D eigenvalue weighted by molar-refractivity contribution is 0.0747. The lowest BCUT2D eigenvalue weighted by Crippen LogP contribution is -2.32. The second kappa shape index (κ2) is 7.79. The minimum atomic E-state index is -0.283. The standard InChI is InChI=1S/C25H23FN6O2/c1-3-31-12-20-15(5-4-14(2)30-20)18-11-28-25(32-13-29-22(23(18)32)24(31)33)27-10-17-16-8-9-34-21(16)7-6-19(17)26/h4-7,11,13H,3,8-10,12H2,1-2H3,(H,27,28). The lowest BCUT2D eigenvalue weighted by atomic mass is 10.0. The number of hydrogen-bond donors (Lipinski definition) is 1. The van der Waals surface area contributed by atoms with Crippen LogP contribution in [0.25, 0.3) is 16.6 Å². The molecule has 9 heteroatoms. The second-order valence-electron chi connectivity index (χ2n) is 8.53. The summed E-state index contributed by atoms with van der Waals surface area (Å²) in [6.45, 7) is 5.62. The minimum Gasteiger partial charge on any atom is -0.493 e. The summed E-state index contributed by atoms with van der Waals surface area (Å²) in [5, 5.41) is 3.25. The zero-order valence-electron chi connectivity index (χ0n) is 18.9. The molecule has 0 radical (unpaired) electrons. The molecule has 172 valence electrons. The Hall–Kier alpha value is -4.01. The molecule has 4 aromatic rings. The molecule has 0 aliphatic carbocycles. The SMILES string of the molecule is CCN1Cc2nc(C)ccc2-c2cnc(NCc3c(F)ccc4c3CCO4)n3cnc(c23)C1=O. The quantitative estimate of drug-likeness (QED) is 0.501. The maximum atomic E-state index is 14.6. The normalized spacial score (nSPS) is 14.4. The predicted molar refractivity (Wildman–Crippen MR) is 124 cm³/mol. The smallest absolute Gasteiger partial charge is 0.275 e. The average molecular weight is 458 g/mol. The van der Waals surface area contributed by atoms with E-state index < -0.39 is 0 Å². The molecule has 34 heavy (non-hydrogen) atoms. The molecule has 3 aromatic heterocycles. The first-order valence-corrected chi connectivity index (χ1v) is 11.3. The number of aryl methyl sites for hydroxylation is 1. The fourth-order valence-corrected chi connectivity index (χ4v) is 4.81. The van der Waals surface area contributed by atoms with Gasteiger partial charge in [0.15, 0.2) is 5.69 Å². The van der Waals surface area contributed by atoms with Gasteiger partial charge in [-0.2, -0.15) is 0 Å². The van der Waals surface area contributed by atoms with Crippen molar-refractivity contribution in [3.05, 3.63) is 70.8 Å². The number of ether oxygens (including phenoxy) is 1. The molecule has 6 rings (SSSR count). The van der Waals surface area contributed by atoms with E-state index in [-0.39, 0.29) is 18.3 Å². The minimum absolute atomic E-state index is 0.151. The molecular weight excluding hydrogens is 435 g/mol. The first-order chi connectivity index (χ1) is 16.5. The Morgan fingerprint density at radius 1 is 1.18 bits per heavy atom. The third kappa shape index (κ3) is 3.11. The number of anilines is 1. The summed E-state index contributed by atoms with van der Waals surface area (Å²) in [4.78, 5) is 28.9. The molecule has 2 aliphatic heterocycles. The Balaban J connectivity index is 1.47. The number of benzene rings is 1. The Morgan fingerprint density at radius 2 is 2.06 bits per heavy atom. The van der Waals surface area contributed by atoms with E-state index in [1.165, 1.54) is 6.07 Å². The fourth-order valence-electron chi connectivity index (χ4n) is 4.81. The van der Waals surface area contributed by atoms with Gasteiger partial charge in [-0.25, -0.2) is 14.4 Å². The average Bonchev–Trinajstić information content (AvgIpc) is 3.49. The van der Waals surface area contributed by atoms with E-state index in [4.69, 9.17) is 9.72 Å². The zero-order valence-corrected chi connectivity index (χ0v) is 18.9. The van der Waals surface area contributed by atoms with Gasteiger partial charge in [0.2, 0.25) is 5.95 Å². The van der Waals surface area contributed by atoms with Gasteiger partial charge in [0.1, 0.15) is 17.9 Å². The molecule has 0 saturated heterocycles. The number of carbonyl (C=O) groups excluding carboxylic acids is 1. The third-order valence-corrected chi connectivity index (χ3v) is 6.55. The third-order valence-electron chi connectivity index (χ3n) is 6.55. The van der Waals surface area contributed by atoms with Gasteiger partial charge >= 0.3 is 0 Å². The molecule has 5 heterocycles. The highest BCUT2D eigenvalue weighted by Gasteiger charge is 2.28. The summed E-state index contributed by atoms with van der Waals surface area (Å²) < 4.78 is 22.0. The summed E-state index contributed by atoms with van der Waals surface area (Å²) in [5.74, 6) is 0.769. The molecule has 0 unspecified atom stereocenters. The van der Waals surface area contributed by atoms with Crippen molar-refractivity contribution in [2.24, 2.45) is 0 Å². The van der Waals surface area contributed by atoms with Crippen molar-refractivity contribution < 1.29 is 13.9 Å². The van der Waals surface area contributed by atoms with Crippen LogP contribution in [0.3, 0.4) is 0 Å². The zero-order chi connectivity index (χ0) is 23.4. The lowest BCUT2D eigenvalue weighted by Gasteiger charge is -2.24. The van der Waals surface area contributed by atoms with Crippen LogP contribution in [-0.4, -0.2) is 43.3 Å². The van der Waals surface area contributed by atoms with Crippen LogP contribution in [0.4, 0.5) is 10.3 Å². The van der Waals surface area contributed by atoms with E-state index in [0.717, 1.165) is 33.8 Å². The second-order valence-corrected chi connectivity index (χ2v) is 8.53. The van der Waals surface area contributed by atoms with Crippen molar-refractivity contribution in [2.75, 3.05) is 18.5 Å². The van der Waals surface area contributed by atoms with Crippen LogP contribution < -0.4 is 10.1 Å². The number of pyridine rings is 1. The van der Waals surface area contributed by atoms with E-state index in [2.05, 4.69) is 15.3 Å². The first-order valence-electron chi connectivity index (χ1n) is 11.3. The van der Waals surface area contributed by atoms with Crippen LogP contribution in [0.1, 0.15) is 39.9 Å². The number of carbonyl (C=O) groups is 1. The maximum absolute atomic E-state index is 14.6. The van der Waals surface area contributed by atoms with Gasteiger partial charge in [-0.15, -0.1) is 0 Å². The van der Waals surface area contributed by atoms with E-state index in [9.17, 15) is 9.18 Å². The van der Waals surface area contributed by atoms with E-state index >= 15 is 0 Å². The van der Waals surface area contributed by atoms with Gasteiger partial charge in [-0.05, 0) is 32.0 Å². The molecule has 0 spiro atoms. The monoisotopic (exact) mass is 458 g/mol. The first kappa shape index (κ1) is 20.6. The molecule has 1 amide bonds. The topological polar surface area (TPSA) is 84.7 Å². The molecule has 2 aliphatic rings. The van der Waals surface area contributed by atoms with Gasteiger partial charge in [0, 0.05) is 53.7 Å². The van der Waals surface area contributed by atoms with Crippen LogP contribution >= 0.6 is 0 Å². The van der Waals surface area contributed by atoms with Crippen molar-refractivity contribution in [3.8, 4) is 16.9 Å². The number of imidazole rings is 1. The van der Waals surface area contributed by atoms with E-state index in [0.29, 0.717) is 48.8 Å². The Labute approximate surface area is 195 Å². The van der Waals surface area contributed by atoms with Crippen molar-refractivity contribution in [1.82, 2.24) is 24.3 Å². The number of rotatable bonds is 4. The number of amides is 1. The number of nitrogens with one attached hydrogen (secondary N) is 1. The van der Waals surface area contributed by atoms with E-state index in [1.54, 1.807) is 27.9 Å². The van der Waals surface area contributed by atoms with Crippen LogP contribution in [0.15, 0.2) is 36.8 Å². The van der Waals surface area contributed by atoms with Crippen molar-refractivity contribution >= 4 is 17.4 Å². The van der Waals surface area contributed by atoms with Gasteiger partial charge in [-0.3, -0.25) is 14.2 Å². The number of fused-ring (bicyclic) bond motifs is 3. The maximum Gasteiger partial charge on any atom is 0.275 e. The highest BCUT2D eigenvalue weighted by atomic mass is 19.1. The number of aromatic nitrogens is 4. The summed E-state index contributed by atoms with van der Waals surface area (Å²) in [6.07, 6.45) is 4.00. The molecule has 8 nitrogen and oxygen atoms in total. The number of nitrogens with zero attached hydrogens (tertiary/aromatic N) is 5. The van der Waals surface area contributed by atoms with Gasteiger partial charge < -0.3 is 15.0 Å². The van der Waals surface area contributed by atoms with Crippen molar-refractivity contribution in [3.63, 3.8) is 0 Å². The summed E-state index contributed by atoms with van der Waals surface area (Å²) in [6, 6.07) is 7.08. The number of halogens is 1. The molecule has 1 N–H and O–H groups in total. The van der Waals surface area contributed by atoms with E-state index in [1.807, 2.05) is 26.0 Å². The Kier molecular flexibility index (Phi) is 4.72. The highest BCUT2D eigenvalue weighted by molar-refractivity contribution is 6.04. The Bertz CT molecular complexity index is 1460. The molecule has 1 aromatic carbocycles. The van der Waals surface area contributed by atoms with Crippen molar-refractivity contribution in [1.29, 1.82) is 0 Å². The van der Waals surface area contributed by atoms with Crippen molar-refractivity contribution in [2.45, 2.75) is 33.4 Å². The molecular formula is C25H23FN6O2. The Morgan fingerprint density at radius 3 is 2.91 bits per heavy atom. The van der Waals surface area contributed by atoms with Gasteiger partial charge in [0.25, 0.3) is 5.91 Å². The van der Waals surface area contributed by atoms with Gasteiger partial charge in [0.05, 0.1) is 24.4 Å². The van der Waals surface area contributed by atoms with Crippen LogP contribution in [-0.2, 0) is 19.5 Å². The van der Waals surface area contributed by atoms with Crippen LogP contribution in [0.2, 0.25) is 0 Å². The highest BCUT2D eigenvalue weighted by Crippen LogP contribution is 2.34. The summed E-state index contributed by atoms with van der Waals surface area (Å²) in [5.41, 5.74) is 5.91. The number of hydrogen-bond acceptors (Lipinski definition) is 6. The molecule has 0 atom stereocenters. The summed E-state index contributed by atoms with van der Waals surface area (Å²) >= 11 is 0.